The van der Waals surface area contributed by atoms with Crippen molar-refractivity contribution >= 4 is 6.29 Å². The summed E-state index contributed by atoms with van der Waals surface area (Å²) in [5, 5.41) is 18.0. The van der Waals surface area contributed by atoms with Crippen molar-refractivity contribution in [2.75, 3.05) is 19.7 Å². The number of carbonyl (C=O) groups excluding carboxylic acids is 1. The second kappa shape index (κ2) is 6.68. The van der Waals surface area contributed by atoms with Crippen molar-refractivity contribution in [2.24, 2.45) is 17.8 Å². The van der Waals surface area contributed by atoms with E-state index in [0.717, 1.165) is 19.5 Å². The molecule has 6 heteroatoms. The minimum atomic E-state index is -0.0285. The number of phenols is 1. The number of aromatic nitrogens is 2. The fourth-order valence-electron chi connectivity index (χ4n) is 5.11. The summed E-state index contributed by atoms with van der Waals surface area (Å²) in [5.41, 5.74) is 1.57. The Bertz CT molecular complexity index is 845. The van der Waals surface area contributed by atoms with Crippen LogP contribution in [0.1, 0.15) is 47.3 Å². The predicted molar refractivity (Wildman–Crippen MR) is 100 cm³/mol. The first-order chi connectivity index (χ1) is 13.3. The molecule has 1 saturated heterocycles. The highest BCUT2D eigenvalue weighted by molar-refractivity contribution is 5.83. The first kappa shape index (κ1) is 16.8. The average molecular weight is 367 g/mol. The van der Waals surface area contributed by atoms with E-state index in [1.165, 1.54) is 24.6 Å². The van der Waals surface area contributed by atoms with Crippen LogP contribution >= 0.6 is 0 Å². The maximum absolute atomic E-state index is 11.3. The van der Waals surface area contributed by atoms with E-state index in [9.17, 15) is 9.90 Å². The lowest BCUT2D eigenvalue weighted by atomic mass is 9.53. The van der Waals surface area contributed by atoms with Gasteiger partial charge in [0.15, 0.2) is 6.29 Å². The van der Waals surface area contributed by atoms with Gasteiger partial charge in [-0.1, -0.05) is 6.07 Å². The average Bonchev–Trinajstić information content (AvgIpc) is 3.41. The number of carbonyl (C=O) groups is 1. The third kappa shape index (κ3) is 2.83. The molecule has 2 heterocycles. The maximum atomic E-state index is 11.3. The lowest BCUT2D eigenvalue weighted by Crippen LogP contribution is -2.56. The van der Waals surface area contributed by atoms with Gasteiger partial charge >= 0.3 is 0 Å². The number of phenolic OH excluding ortho intramolecular Hbond substituents is 1. The number of benzene rings is 1. The summed E-state index contributed by atoms with van der Waals surface area (Å²) in [4.78, 5) is 11.3. The van der Waals surface area contributed by atoms with E-state index >= 15 is 0 Å². The zero-order valence-electron chi connectivity index (χ0n) is 15.3. The largest absolute Gasteiger partial charge is 0.507 e. The monoisotopic (exact) mass is 367 g/mol. The zero-order chi connectivity index (χ0) is 18.4. The van der Waals surface area contributed by atoms with E-state index < -0.39 is 0 Å². The second-order valence-corrected chi connectivity index (χ2v) is 8.06. The van der Waals surface area contributed by atoms with Crippen molar-refractivity contribution in [1.82, 2.24) is 15.1 Å². The summed E-state index contributed by atoms with van der Waals surface area (Å²) in [6.45, 7) is 2.66. The Morgan fingerprint density at radius 3 is 2.96 bits per heavy atom. The highest BCUT2D eigenvalue weighted by Crippen LogP contribution is 2.55. The van der Waals surface area contributed by atoms with Gasteiger partial charge in [0.05, 0.1) is 18.2 Å². The normalized spacial score (nSPS) is 29.6. The van der Waals surface area contributed by atoms with Gasteiger partial charge in [0.25, 0.3) is 0 Å². The highest BCUT2D eigenvalue weighted by Gasteiger charge is 2.53. The first-order valence-corrected chi connectivity index (χ1v) is 9.92. The Labute approximate surface area is 158 Å². The molecule has 0 spiro atoms. The van der Waals surface area contributed by atoms with Crippen molar-refractivity contribution in [2.45, 2.75) is 31.2 Å². The van der Waals surface area contributed by atoms with Gasteiger partial charge in [-0.25, -0.2) is 0 Å². The topological polar surface area (TPSA) is 76.4 Å². The minimum absolute atomic E-state index is 0.0285. The third-order valence-electron chi connectivity index (χ3n) is 6.58. The number of nitrogens with one attached hydrogen (secondary N) is 1. The van der Waals surface area contributed by atoms with Crippen molar-refractivity contribution in [3.63, 3.8) is 0 Å². The van der Waals surface area contributed by atoms with Gasteiger partial charge in [0.1, 0.15) is 11.5 Å². The summed E-state index contributed by atoms with van der Waals surface area (Å²) in [7, 11) is 0. The Kier molecular flexibility index (Phi) is 4.16. The number of hydrogen-bond donors (Lipinski definition) is 2. The molecule has 1 aromatic carbocycles. The molecule has 2 aliphatic carbocycles. The van der Waals surface area contributed by atoms with Crippen LogP contribution < -0.4 is 10.1 Å². The van der Waals surface area contributed by atoms with Crippen molar-refractivity contribution < 1.29 is 14.6 Å². The molecule has 5 rings (SSSR count). The van der Waals surface area contributed by atoms with E-state index in [1.807, 2.05) is 6.20 Å². The Morgan fingerprint density at radius 1 is 1.26 bits per heavy atom. The Balaban J connectivity index is 1.39. The molecule has 4 atom stereocenters. The molecule has 2 aromatic rings. The molecule has 2 saturated carbocycles. The minimum Gasteiger partial charge on any atom is -0.507 e. The number of piperidine rings is 1. The standard InChI is InChI=1S/C21H25N3O3/c25-11-16-19(26)2-1-3-20(16)27-12-17-14-6-8-22-10-15(14)21(17)18-7-9-23-24(18)13-4-5-13/h1-3,7,9,11,13-15,17,21-22,26H,4-6,8,10,12H2. The lowest BCUT2D eigenvalue weighted by Gasteiger charge is -2.54. The molecule has 142 valence electrons. The lowest BCUT2D eigenvalue weighted by molar-refractivity contribution is -0.0254. The Hall–Kier alpha value is -2.34. The molecule has 1 aliphatic heterocycles. The summed E-state index contributed by atoms with van der Waals surface area (Å²) >= 11 is 0. The molecule has 0 bridgehead atoms. The van der Waals surface area contributed by atoms with Crippen molar-refractivity contribution in [3.05, 3.63) is 41.7 Å². The van der Waals surface area contributed by atoms with Crippen LogP contribution in [0.2, 0.25) is 0 Å². The second-order valence-electron chi connectivity index (χ2n) is 8.06. The number of nitrogens with zero attached hydrogens (tertiary/aromatic N) is 2. The molecule has 6 nitrogen and oxygen atoms in total. The number of rotatable bonds is 6. The summed E-state index contributed by atoms with van der Waals surface area (Å²) in [6, 6.07) is 7.72. The third-order valence-corrected chi connectivity index (χ3v) is 6.58. The SMILES string of the molecule is O=Cc1c(O)cccc1OCC1C2CCNCC2C1c1ccnn1C1CC1. The predicted octanol–water partition coefficient (Wildman–Crippen LogP) is 2.75. The van der Waals surface area contributed by atoms with Crippen LogP contribution in [0, 0.1) is 17.8 Å². The van der Waals surface area contributed by atoms with Gasteiger partial charge in [-0.3, -0.25) is 9.48 Å². The van der Waals surface area contributed by atoms with Gasteiger partial charge in [-0.05, 0) is 62.4 Å². The van der Waals surface area contributed by atoms with E-state index in [1.54, 1.807) is 12.1 Å². The van der Waals surface area contributed by atoms with Crippen LogP contribution in [-0.2, 0) is 0 Å². The molecule has 3 aliphatic rings. The fraction of sp³-hybridized carbons (Fsp3) is 0.524. The van der Waals surface area contributed by atoms with Gasteiger partial charge in [-0.15, -0.1) is 0 Å². The van der Waals surface area contributed by atoms with Gasteiger partial charge in [-0.2, -0.15) is 5.10 Å². The van der Waals surface area contributed by atoms with Crippen LogP contribution in [0.4, 0.5) is 0 Å². The molecule has 3 fully saturated rings. The van der Waals surface area contributed by atoms with Crippen molar-refractivity contribution in [3.8, 4) is 11.5 Å². The molecule has 1 aromatic heterocycles. The summed E-state index contributed by atoms with van der Waals surface area (Å²) in [5.74, 6) is 2.54. The Morgan fingerprint density at radius 2 is 2.15 bits per heavy atom. The van der Waals surface area contributed by atoms with E-state index in [4.69, 9.17) is 4.74 Å². The molecule has 0 radical (unpaired) electrons. The molecular formula is C21H25N3O3. The zero-order valence-corrected chi connectivity index (χ0v) is 15.3. The fourth-order valence-corrected chi connectivity index (χ4v) is 5.11. The number of ether oxygens (including phenoxy) is 1. The quantitative estimate of drug-likeness (QED) is 0.768. The van der Waals surface area contributed by atoms with Crippen LogP contribution in [0.25, 0.3) is 0 Å². The van der Waals surface area contributed by atoms with Crippen LogP contribution in [0.5, 0.6) is 11.5 Å². The summed E-state index contributed by atoms with van der Waals surface area (Å²) in [6.07, 6.45) is 6.20. The first-order valence-electron chi connectivity index (χ1n) is 9.92. The highest BCUT2D eigenvalue weighted by atomic mass is 16.5. The maximum Gasteiger partial charge on any atom is 0.157 e. The van der Waals surface area contributed by atoms with Crippen LogP contribution in [0.15, 0.2) is 30.5 Å². The van der Waals surface area contributed by atoms with Gasteiger partial charge in [0, 0.05) is 23.7 Å². The van der Waals surface area contributed by atoms with Gasteiger partial charge < -0.3 is 15.2 Å². The molecular weight excluding hydrogens is 342 g/mol. The molecule has 2 N–H and O–H groups in total. The number of aromatic hydroxyl groups is 1. The number of aldehydes is 1. The number of fused-ring (bicyclic) bond motifs is 1. The smallest absolute Gasteiger partial charge is 0.157 e. The van der Waals surface area contributed by atoms with Crippen LogP contribution in [-0.4, -0.2) is 40.9 Å². The van der Waals surface area contributed by atoms with E-state index in [0.29, 0.717) is 48.4 Å². The van der Waals surface area contributed by atoms with E-state index in [-0.39, 0.29) is 11.3 Å². The van der Waals surface area contributed by atoms with Crippen molar-refractivity contribution in [1.29, 1.82) is 0 Å². The molecule has 27 heavy (non-hydrogen) atoms. The molecule has 0 amide bonds. The molecule has 4 unspecified atom stereocenters. The number of hydrogen-bond acceptors (Lipinski definition) is 5. The summed E-state index contributed by atoms with van der Waals surface area (Å²) < 4.78 is 8.29. The van der Waals surface area contributed by atoms with Gasteiger partial charge in [0.2, 0.25) is 0 Å². The van der Waals surface area contributed by atoms with E-state index in [2.05, 4.69) is 21.2 Å². The van der Waals surface area contributed by atoms with Crippen LogP contribution in [0.3, 0.4) is 0 Å².